The predicted octanol–water partition coefficient (Wildman–Crippen LogP) is 5.54. The summed E-state index contributed by atoms with van der Waals surface area (Å²) < 4.78 is 34.6. The van der Waals surface area contributed by atoms with E-state index in [-0.39, 0.29) is 24.8 Å². The number of rotatable bonds is 9. The van der Waals surface area contributed by atoms with Crippen LogP contribution >= 0.6 is 11.8 Å². The number of hydrogen-bond donors (Lipinski definition) is 0. The summed E-state index contributed by atoms with van der Waals surface area (Å²) in [6.45, 7) is 1.47. The summed E-state index contributed by atoms with van der Waals surface area (Å²) in [5.41, 5.74) is 1.88. The number of halogens is 2. The van der Waals surface area contributed by atoms with Gasteiger partial charge in [-0.2, -0.15) is 0 Å². The molecule has 3 aromatic carbocycles. The van der Waals surface area contributed by atoms with Crippen molar-refractivity contribution in [3.05, 3.63) is 111 Å². The Labute approximate surface area is 198 Å². The zero-order chi connectivity index (χ0) is 24.1. The smallest absolute Gasteiger partial charge is 0.220 e. The van der Waals surface area contributed by atoms with Crippen molar-refractivity contribution >= 4 is 11.8 Å². The monoisotopic (exact) mass is 482 g/mol. The summed E-state index contributed by atoms with van der Waals surface area (Å²) in [7, 11) is 0. The van der Waals surface area contributed by atoms with E-state index in [1.54, 1.807) is 60.0 Å². The quantitative estimate of drug-likeness (QED) is 0.177. The highest BCUT2D eigenvalue weighted by Crippen LogP contribution is 2.40. The molecule has 0 fully saturated rings. The van der Waals surface area contributed by atoms with Gasteiger partial charge < -0.3 is 4.74 Å². The molecule has 4 rings (SSSR count). The highest BCUT2D eigenvalue weighted by Gasteiger charge is 2.26. The molecule has 1 aromatic heterocycles. The minimum absolute atomic E-state index is 0.107. The summed E-state index contributed by atoms with van der Waals surface area (Å²) in [5, 5.41) is 19.6. The lowest BCUT2D eigenvalue weighted by atomic mass is 10.1. The van der Waals surface area contributed by atoms with E-state index >= 15 is 0 Å². The van der Waals surface area contributed by atoms with Gasteiger partial charge in [-0.15, -0.1) is 10.2 Å². The summed E-state index contributed by atoms with van der Waals surface area (Å²) in [6.07, 6.45) is 0. The molecule has 34 heavy (non-hydrogen) atoms. The minimum Gasteiger partial charge on any atom is -0.489 e. The standard InChI is InChI=1S/C24H20F2N4O3S/c1-16-27-28-24(30(16)20-11-9-18(25)10-12-20)34-23(14-29(31)32)21-7-2-3-8-22(21)33-15-17-5-4-6-19(26)13-17/h2-13,23H,14-15H2,1H3/t23-/m0/s1. The SMILES string of the molecule is Cc1nnc(S[C@@H](C[N+](=O)[O-])c2ccccc2OCc2cccc(F)c2)n1-c1ccc(F)cc1. The lowest BCUT2D eigenvalue weighted by Gasteiger charge is -2.18. The molecule has 4 aromatic rings. The maximum atomic E-state index is 13.5. The fourth-order valence-electron chi connectivity index (χ4n) is 3.43. The summed E-state index contributed by atoms with van der Waals surface area (Å²) in [6, 6.07) is 18.9. The van der Waals surface area contributed by atoms with Crippen LogP contribution in [0.4, 0.5) is 8.78 Å². The van der Waals surface area contributed by atoms with Gasteiger partial charge in [0.15, 0.2) is 5.16 Å². The average molecular weight is 483 g/mol. The second-order valence-corrected chi connectivity index (χ2v) is 8.59. The van der Waals surface area contributed by atoms with E-state index in [1.807, 2.05) is 0 Å². The van der Waals surface area contributed by atoms with E-state index in [9.17, 15) is 18.9 Å². The third-order valence-corrected chi connectivity index (χ3v) is 6.15. The van der Waals surface area contributed by atoms with Crippen molar-refractivity contribution in [1.29, 1.82) is 0 Å². The molecule has 0 unspecified atom stereocenters. The maximum absolute atomic E-state index is 13.5. The van der Waals surface area contributed by atoms with E-state index in [1.165, 1.54) is 36.0 Å². The molecular formula is C24H20F2N4O3S. The van der Waals surface area contributed by atoms with Crippen molar-refractivity contribution in [3.63, 3.8) is 0 Å². The highest BCUT2D eigenvalue weighted by molar-refractivity contribution is 7.99. The van der Waals surface area contributed by atoms with Gasteiger partial charge in [0.25, 0.3) is 0 Å². The zero-order valence-electron chi connectivity index (χ0n) is 18.1. The Morgan fingerprint density at radius 1 is 1.03 bits per heavy atom. The van der Waals surface area contributed by atoms with Crippen LogP contribution in [0.2, 0.25) is 0 Å². The van der Waals surface area contributed by atoms with Crippen LogP contribution in [0.5, 0.6) is 5.75 Å². The van der Waals surface area contributed by atoms with Gasteiger partial charge in [0.2, 0.25) is 6.54 Å². The van der Waals surface area contributed by atoms with Gasteiger partial charge >= 0.3 is 0 Å². The molecule has 1 atom stereocenters. The van der Waals surface area contributed by atoms with Crippen LogP contribution in [0.25, 0.3) is 5.69 Å². The molecule has 0 amide bonds. The van der Waals surface area contributed by atoms with Crippen LogP contribution in [0, 0.1) is 28.7 Å². The maximum Gasteiger partial charge on any atom is 0.220 e. The third kappa shape index (κ3) is 5.57. The van der Waals surface area contributed by atoms with Gasteiger partial charge in [0.05, 0.1) is 0 Å². The second kappa shape index (κ2) is 10.4. The number of aryl methyl sites for hydroxylation is 1. The number of nitrogens with zero attached hydrogens (tertiary/aromatic N) is 4. The van der Waals surface area contributed by atoms with Crippen molar-refractivity contribution in [3.8, 4) is 11.4 Å². The van der Waals surface area contributed by atoms with Crippen LogP contribution in [0.15, 0.2) is 78.0 Å². The molecule has 0 spiro atoms. The molecule has 0 aliphatic heterocycles. The molecule has 0 aliphatic rings. The zero-order valence-corrected chi connectivity index (χ0v) is 18.9. The van der Waals surface area contributed by atoms with E-state index in [4.69, 9.17) is 4.74 Å². The Morgan fingerprint density at radius 3 is 2.53 bits per heavy atom. The van der Waals surface area contributed by atoms with Crippen molar-refractivity contribution in [2.75, 3.05) is 6.54 Å². The Balaban J connectivity index is 1.64. The molecule has 0 aliphatic carbocycles. The normalized spacial score (nSPS) is 11.9. The summed E-state index contributed by atoms with van der Waals surface area (Å²) in [4.78, 5) is 11.1. The van der Waals surface area contributed by atoms with E-state index < -0.39 is 10.2 Å². The largest absolute Gasteiger partial charge is 0.489 e. The van der Waals surface area contributed by atoms with E-state index in [2.05, 4.69) is 10.2 Å². The molecule has 0 saturated carbocycles. The molecule has 7 nitrogen and oxygen atoms in total. The van der Waals surface area contributed by atoms with Crippen LogP contribution in [-0.4, -0.2) is 26.2 Å². The van der Waals surface area contributed by atoms with Gasteiger partial charge in [-0.1, -0.05) is 42.1 Å². The number of aromatic nitrogens is 3. The number of para-hydroxylation sites is 1. The van der Waals surface area contributed by atoms with Crippen LogP contribution in [0.1, 0.15) is 22.2 Å². The van der Waals surface area contributed by atoms with Gasteiger partial charge in [-0.3, -0.25) is 14.7 Å². The third-order valence-electron chi connectivity index (χ3n) is 4.99. The fraction of sp³-hybridized carbons (Fsp3) is 0.167. The second-order valence-electron chi connectivity index (χ2n) is 7.42. The molecule has 1 heterocycles. The van der Waals surface area contributed by atoms with Crippen LogP contribution in [0.3, 0.4) is 0 Å². The minimum atomic E-state index is -0.651. The molecule has 174 valence electrons. The number of benzene rings is 3. The van der Waals surface area contributed by atoms with Crippen molar-refractivity contribution in [1.82, 2.24) is 14.8 Å². The molecule has 0 bridgehead atoms. The number of nitro groups is 1. The Kier molecular flexibility index (Phi) is 7.17. The lowest BCUT2D eigenvalue weighted by Crippen LogP contribution is -2.12. The topological polar surface area (TPSA) is 83.1 Å². The summed E-state index contributed by atoms with van der Waals surface area (Å²) >= 11 is 1.17. The Hall–Kier alpha value is -3.79. The van der Waals surface area contributed by atoms with Crippen molar-refractivity contribution in [2.24, 2.45) is 0 Å². The molecule has 10 heteroatoms. The number of ether oxygens (including phenoxy) is 1. The Morgan fingerprint density at radius 2 is 1.79 bits per heavy atom. The number of hydrogen-bond acceptors (Lipinski definition) is 6. The van der Waals surface area contributed by atoms with Crippen LogP contribution < -0.4 is 4.74 Å². The van der Waals surface area contributed by atoms with E-state index in [0.29, 0.717) is 33.5 Å². The Bertz CT molecular complexity index is 1300. The predicted molar refractivity (Wildman–Crippen MR) is 124 cm³/mol. The van der Waals surface area contributed by atoms with Crippen molar-refractivity contribution in [2.45, 2.75) is 23.9 Å². The first-order valence-corrected chi connectivity index (χ1v) is 11.2. The average Bonchev–Trinajstić information content (AvgIpc) is 3.17. The lowest BCUT2D eigenvalue weighted by molar-refractivity contribution is -0.479. The first kappa shape index (κ1) is 23.4. The van der Waals surface area contributed by atoms with Crippen molar-refractivity contribution < 1.29 is 18.4 Å². The highest BCUT2D eigenvalue weighted by atomic mass is 32.2. The first-order chi connectivity index (χ1) is 16.4. The van der Waals surface area contributed by atoms with Gasteiger partial charge in [0, 0.05) is 16.2 Å². The van der Waals surface area contributed by atoms with Gasteiger partial charge in [0.1, 0.15) is 35.1 Å². The van der Waals surface area contributed by atoms with Gasteiger partial charge in [-0.05, 0) is 55.0 Å². The number of thioether (sulfide) groups is 1. The molecule has 0 N–H and O–H groups in total. The molecular weight excluding hydrogens is 462 g/mol. The summed E-state index contributed by atoms with van der Waals surface area (Å²) in [5.74, 6) is 0.270. The van der Waals surface area contributed by atoms with Gasteiger partial charge in [-0.25, -0.2) is 8.78 Å². The molecule has 0 radical (unpaired) electrons. The van der Waals surface area contributed by atoms with Crippen LogP contribution in [-0.2, 0) is 6.61 Å². The fourth-order valence-corrected chi connectivity index (χ4v) is 4.64. The van der Waals surface area contributed by atoms with E-state index in [0.717, 1.165) is 0 Å². The first-order valence-electron chi connectivity index (χ1n) is 10.3. The molecule has 0 saturated heterocycles.